The highest BCUT2D eigenvalue weighted by molar-refractivity contribution is 7.13. The number of alkyl halides is 1. The molecule has 50 heavy (non-hydrogen) atoms. The number of aromatic nitrogens is 1. The SMILES string of the molecule is Cc1ncsc1-c1ccc(CNC(=O)[C@@H]2C[C@@H](O)CN2C(=O)C(NC(=O)C2(F)CC2)C(C)(C)C)c(OCCC2CN(C(=O)OC(C)(C)C)C2)c1. The zero-order chi connectivity index (χ0) is 36.6. The van der Waals surface area contributed by atoms with E-state index in [1.165, 1.54) is 16.2 Å². The second kappa shape index (κ2) is 14.5. The maximum Gasteiger partial charge on any atom is 0.410 e. The van der Waals surface area contributed by atoms with E-state index in [0.717, 1.165) is 28.1 Å². The molecule has 0 bridgehead atoms. The van der Waals surface area contributed by atoms with E-state index >= 15 is 0 Å². The van der Waals surface area contributed by atoms with Crippen molar-refractivity contribution in [1.82, 2.24) is 25.4 Å². The van der Waals surface area contributed by atoms with Crippen molar-refractivity contribution in [3.63, 3.8) is 0 Å². The number of likely N-dealkylation sites (tertiary alicyclic amines) is 2. The molecule has 1 aromatic carbocycles. The molecule has 3 N–H and O–H groups in total. The van der Waals surface area contributed by atoms with Gasteiger partial charge in [0.2, 0.25) is 11.8 Å². The number of β-amino-alcohol motifs (C(OH)–C–C–N with tert-alkyl or cyclic N) is 1. The number of aliphatic hydroxyl groups excluding tert-OH is 1. The van der Waals surface area contributed by atoms with Crippen LogP contribution in [0.4, 0.5) is 9.18 Å². The summed E-state index contributed by atoms with van der Waals surface area (Å²) in [6.07, 6.45) is -0.270. The fraction of sp³-hybridized carbons (Fsp3) is 0.639. The number of thiazole rings is 1. The van der Waals surface area contributed by atoms with Gasteiger partial charge in [-0.05, 0) is 69.9 Å². The lowest BCUT2D eigenvalue weighted by Gasteiger charge is -2.39. The highest BCUT2D eigenvalue weighted by Gasteiger charge is 2.53. The first-order valence-electron chi connectivity index (χ1n) is 17.2. The quantitative estimate of drug-likeness (QED) is 0.311. The van der Waals surface area contributed by atoms with E-state index in [1.54, 1.807) is 31.2 Å². The Kier molecular flexibility index (Phi) is 10.8. The van der Waals surface area contributed by atoms with Gasteiger partial charge in [0.15, 0.2) is 5.67 Å². The van der Waals surface area contributed by atoms with Gasteiger partial charge in [0.25, 0.3) is 5.91 Å². The van der Waals surface area contributed by atoms with Gasteiger partial charge in [-0.2, -0.15) is 0 Å². The predicted molar refractivity (Wildman–Crippen MR) is 186 cm³/mol. The molecule has 1 aliphatic carbocycles. The Morgan fingerprint density at radius 1 is 1.12 bits per heavy atom. The van der Waals surface area contributed by atoms with Gasteiger partial charge in [0.05, 0.1) is 28.8 Å². The summed E-state index contributed by atoms with van der Waals surface area (Å²) in [5.41, 5.74) is 1.05. The van der Waals surface area contributed by atoms with Crippen molar-refractivity contribution in [2.45, 2.75) is 110 Å². The van der Waals surface area contributed by atoms with Crippen molar-refractivity contribution in [2.24, 2.45) is 11.3 Å². The summed E-state index contributed by atoms with van der Waals surface area (Å²) in [7, 11) is 0. The number of hydrogen-bond acceptors (Lipinski definition) is 9. The summed E-state index contributed by atoms with van der Waals surface area (Å²) < 4.78 is 26.3. The number of hydrogen-bond donors (Lipinski definition) is 3. The maximum absolute atomic E-state index is 14.5. The summed E-state index contributed by atoms with van der Waals surface area (Å²) in [6.45, 7) is 14.4. The number of nitrogens with zero attached hydrogens (tertiary/aromatic N) is 3. The molecule has 14 heteroatoms. The van der Waals surface area contributed by atoms with Gasteiger partial charge in [0.1, 0.15) is 23.4 Å². The largest absolute Gasteiger partial charge is 0.493 e. The van der Waals surface area contributed by atoms with Gasteiger partial charge < -0.3 is 35.0 Å². The monoisotopic (exact) mass is 715 g/mol. The Balaban J connectivity index is 1.24. The van der Waals surface area contributed by atoms with E-state index in [9.17, 15) is 28.7 Å². The minimum absolute atomic E-state index is 0.0318. The van der Waals surface area contributed by atoms with Crippen LogP contribution in [0.3, 0.4) is 0 Å². The number of aliphatic hydroxyl groups is 1. The summed E-state index contributed by atoms with van der Waals surface area (Å²) in [6, 6.07) is 3.70. The zero-order valence-corrected chi connectivity index (χ0v) is 30.8. The molecule has 12 nitrogen and oxygen atoms in total. The van der Waals surface area contributed by atoms with Gasteiger partial charge >= 0.3 is 6.09 Å². The Labute approximate surface area is 297 Å². The van der Waals surface area contributed by atoms with Crippen LogP contribution in [0.1, 0.15) is 78.5 Å². The molecule has 274 valence electrons. The van der Waals surface area contributed by atoms with Crippen LogP contribution in [0.2, 0.25) is 0 Å². The number of carbonyl (C=O) groups excluding carboxylic acids is 4. The molecule has 2 saturated heterocycles. The number of benzene rings is 1. The molecule has 2 aliphatic heterocycles. The van der Waals surface area contributed by atoms with Gasteiger partial charge in [-0.15, -0.1) is 11.3 Å². The van der Waals surface area contributed by atoms with Gasteiger partial charge in [-0.3, -0.25) is 14.4 Å². The number of halogens is 1. The van der Waals surface area contributed by atoms with Crippen molar-refractivity contribution in [2.75, 3.05) is 26.2 Å². The van der Waals surface area contributed by atoms with Crippen LogP contribution < -0.4 is 15.4 Å². The van der Waals surface area contributed by atoms with E-state index in [4.69, 9.17) is 9.47 Å². The highest BCUT2D eigenvalue weighted by Crippen LogP contribution is 2.40. The molecular weight excluding hydrogens is 665 g/mol. The van der Waals surface area contributed by atoms with Crippen LogP contribution in [0.25, 0.3) is 10.4 Å². The third-order valence-electron chi connectivity index (χ3n) is 9.27. The molecule has 4 amide bonds. The van der Waals surface area contributed by atoms with E-state index in [1.807, 2.05) is 45.9 Å². The topological polar surface area (TPSA) is 150 Å². The minimum Gasteiger partial charge on any atom is -0.493 e. The molecule has 5 rings (SSSR count). The summed E-state index contributed by atoms with van der Waals surface area (Å²) >= 11 is 1.52. The summed E-state index contributed by atoms with van der Waals surface area (Å²) in [5, 5.41) is 16.0. The molecule has 1 aromatic heterocycles. The summed E-state index contributed by atoms with van der Waals surface area (Å²) in [4.78, 5) is 60.7. The van der Waals surface area contributed by atoms with Gasteiger partial charge in [0, 0.05) is 38.2 Å². The Morgan fingerprint density at radius 3 is 2.42 bits per heavy atom. The first-order valence-corrected chi connectivity index (χ1v) is 18.1. The molecule has 1 unspecified atom stereocenters. The number of rotatable bonds is 11. The van der Waals surface area contributed by atoms with E-state index in [2.05, 4.69) is 15.6 Å². The lowest BCUT2D eigenvalue weighted by atomic mass is 9.85. The fourth-order valence-corrected chi connectivity index (χ4v) is 6.94. The molecule has 1 saturated carbocycles. The number of carbonyl (C=O) groups is 4. The molecule has 3 aliphatic rings. The standard InChI is InChI=1S/C36H50FN5O7S/c1-21-28(50-20-39-21)23-8-9-24(27(14-23)48-13-10-22-17-41(18-22)33(47)49-35(5,6)7)16-38-30(44)26-15-25(43)19-42(26)31(45)29(34(2,3)4)40-32(46)36(37)11-12-36/h8-9,14,20,22,25-26,29,43H,10-13,15-19H2,1-7H3,(H,38,44)(H,40,46)/t25-,26+,29?/m1/s1. The average Bonchev–Trinajstić information content (AvgIpc) is 3.41. The Hall–Kier alpha value is -3.78. The number of aryl methyl sites for hydroxylation is 1. The Morgan fingerprint density at radius 2 is 1.82 bits per heavy atom. The molecule has 3 fully saturated rings. The van der Waals surface area contributed by atoms with Crippen molar-refractivity contribution in [3.05, 3.63) is 35.0 Å². The Bertz CT molecular complexity index is 1590. The molecule has 3 heterocycles. The number of nitrogens with one attached hydrogen (secondary N) is 2. The fourth-order valence-electron chi connectivity index (χ4n) is 6.14. The van der Waals surface area contributed by atoms with Crippen molar-refractivity contribution >= 4 is 35.2 Å². The van der Waals surface area contributed by atoms with Gasteiger partial charge in [-0.1, -0.05) is 32.9 Å². The van der Waals surface area contributed by atoms with E-state index in [-0.39, 0.29) is 44.4 Å². The maximum atomic E-state index is 14.5. The van der Waals surface area contributed by atoms with Crippen LogP contribution in [0, 0.1) is 18.3 Å². The third kappa shape index (κ3) is 8.92. The smallest absolute Gasteiger partial charge is 0.410 e. The van der Waals surface area contributed by atoms with E-state index < -0.39 is 52.6 Å². The lowest BCUT2D eigenvalue weighted by Crippen LogP contribution is -2.59. The molecule has 3 atom stereocenters. The first kappa shape index (κ1) is 37.5. The average molecular weight is 716 g/mol. The van der Waals surface area contributed by atoms with Crippen LogP contribution >= 0.6 is 11.3 Å². The zero-order valence-electron chi connectivity index (χ0n) is 30.0. The molecule has 0 radical (unpaired) electrons. The number of ether oxygens (including phenoxy) is 2. The van der Waals surface area contributed by atoms with Crippen molar-refractivity contribution in [1.29, 1.82) is 0 Å². The number of amides is 4. The van der Waals surface area contributed by atoms with Crippen molar-refractivity contribution in [3.8, 4) is 16.2 Å². The normalized spacial score (nSPS) is 20.9. The van der Waals surface area contributed by atoms with Crippen LogP contribution in [0.5, 0.6) is 5.75 Å². The molecular formula is C36H50FN5O7S. The summed E-state index contributed by atoms with van der Waals surface area (Å²) in [5.74, 6) is -0.955. The van der Waals surface area contributed by atoms with Crippen LogP contribution in [-0.4, -0.2) is 99.4 Å². The minimum atomic E-state index is -1.96. The lowest BCUT2D eigenvalue weighted by molar-refractivity contribution is -0.145. The third-order valence-corrected chi connectivity index (χ3v) is 10.2. The molecule has 0 spiro atoms. The van der Waals surface area contributed by atoms with Crippen LogP contribution in [0.15, 0.2) is 23.7 Å². The van der Waals surface area contributed by atoms with Gasteiger partial charge in [-0.25, -0.2) is 14.2 Å². The van der Waals surface area contributed by atoms with Crippen molar-refractivity contribution < 1.29 is 38.1 Å². The van der Waals surface area contributed by atoms with E-state index in [0.29, 0.717) is 25.4 Å². The second-order valence-corrected chi connectivity index (χ2v) is 16.7. The van der Waals surface area contributed by atoms with Crippen LogP contribution in [-0.2, 0) is 25.7 Å². The second-order valence-electron chi connectivity index (χ2n) is 15.8. The molecule has 2 aromatic rings. The first-order chi connectivity index (χ1) is 23.3. The predicted octanol–water partition coefficient (Wildman–Crippen LogP) is 4.37. The highest BCUT2D eigenvalue weighted by atomic mass is 32.1.